The fourth-order valence-corrected chi connectivity index (χ4v) is 2.44. The highest BCUT2D eigenvalue weighted by Gasteiger charge is 2.37. The predicted octanol–water partition coefficient (Wildman–Crippen LogP) is 3.37. The molecule has 1 aliphatic heterocycles. The molecule has 0 spiro atoms. The second-order valence-corrected chi connectivity index (χ2v) is 5.58. The molecule has 1 unspecified atom stereocenters. The predicted molar refractivity (Wildman–Crippen MR) is 76.5 cm³/mol. The average Bonchev–Trinajstić information content (AvgIpc) is 3.16. The highest BCUT2D eigenvalue weighted by atomic mass is 16.5. The number of hydrogen-bond acceptors (Lipinski definition) is 5. The van der Waals surface area contributed by atoms with Gasteiger partial charge in [0.05, 0.1) is 6.61 Å². The summed E-state index contributed by atoms with van der Waals surface area (Å²) in [6.45, 7) is 5.19. The summed E-state index contributed by atoms with van der Waals surface area (Å²) >= 11 is 0. The van der Waals surface area contributed by atoms with Crippen molar-refractivity contribution < 1.29 is 14.0 Å². The zero-order chi connectivity index (χ0) is 14.7. The van der Waals surface area contributed by atoms with Crippen LogP contribution in [0.3, 0.4) is 0 Å². The Labute approximate surface area is 124 Å². The van der Waals surface area contributed by atoms with Crippen molar-refractivity contribution in [3.63, 3.8) is 0 Å². The van der Waals surface area contributed by atoms with Crippen LogP contribution in [-0.2, 0) is 21.7 Å². The van der Waals surface area contributed by atoms with Crippen molar-refractivity contribution in [1.82, 2.24) is 10.1 Å². The van der Waals surface area contributed by atoms with Crippen LogP contribution in [0.25, 0.3) is 0 Å². The molecule has 1 aliphatic rings. The second-order valence-electron chi connectivity index (χ2n) is 5.58. The molecule has 1 aromatic carbocycles. The quantitative estimate of drug-likeness (QED) is 0.844. The van der Waals surface area contributed by atoms with Gasteiger partial charge in [-0.3, -0.25) is 0 Å². The zero-order valence-corrected chi connectivity index (χ0v) is 12.4. The van der Waals surface area contributed by atoms with Gasteiger partial charge in [0.2, 0.25) is 5.82 Å². The Balaban J connectivity index is 1.63. The van der Waals surface area contributed by atoms with Gasteiger partial charge in [-0.1, -0.05) is 35.5 Å². The van der Waals surface area contributed by atoms with E-state index in [1.54, 1.807) is 0 Å². The van der Waals surface area contributed by atoms with Gasteiger partial charge in [-0.15, -0.1) is 0 Å². The molecule has 0 amide bonds. The Bertz CT molecular complexity index is 576. The maximum Gasteiger partial charge on any atom is 0.255 e. The summed E-state index contributed by atoms with van der Waals surface area (Å²) in [6, 6.07) is 10.0. The molecule has 0 radical (unpaired) electrons. The van der Waals surface area contributed by atoms with Gasteiger partial charge in [0, 0.05) is 6.61 Å². The van der Waals surface area contributed by atoms with Gasteiger partial charge in [-0.25, -0.2) is 0 Å². The van der Waals surface area contributed by atoms with Crippen LogP contribution in [0.15, 0.2) is 34.9 Å². The summed E-state index contributed by atoms with van der Waals surface area (Å²) in [6.07, 6.45) is 1.71. The van der Waals surface area contributed by atoms with Crippen LogP contribution in [0.4, 0.5) is 0 Å². The van der Waals surface area contributed by atoms with E-state index in [1.165, 1.54) is 0 Å². The molecule has 0 bridgehead atoms. The third kappa shape index (κ3) is 3.14. The van der Waals surface area contributed by atoms with Gasteiger partial charge in [-0.05, 0) is 32.3 Å². The smallest absolute Gasteiger partial charge is 0.255 e. The standard InChI is InChI=1S/C16H20N2O3/c1-12(19-11-13-7-4-3-5-8-13)14-17-15(18-21-14)16(2)9-6-10-20-16/h3-5,7-8,12H,6,9-11H2,1-2H3/t12-,16?/m0/s1. The van der Waals surface area contributed by atoms with Gasteiger partial charge in [0.25, 0.3) is 5.89 Å². The fraction of sp³-hybridized carbons (Fsp3) is 0.500. The molecule has 2 atom stereocenters. The molecule has 0 aliphatic carbocycles. The van der Waals surface area contributed by atoms with Crippen LogP contribution < -0.4 is 0 Å². The summed E-state index contributed by atoms with van der Waals surface area (Å²) < 4.78 is 16.8. The van der Waals surface area contributed by atoms with Crippen molar-refractivity contribution in [2.24, 2.45) is 0 Å². The number of nitrogens with zero attached hydrogens (tertiary/aromatic N) is 2. The lowest BCUT2D eigenvalue weighted by Crippen LogP contribution is -2.21. The van der Waals surface area contributed by atoms with Crippen molar-refractivity contribution in [3.8, 4) is 0 Å². The van der Waals surface area contributed by atoms with Gasteiger partial charge in [0.15, 0.2) is 0 Å². The molecule has 5 heteroatoms. The monoisotopic (exact) mass is 288 g/mol. The van der Waals surface area contributed by atoms with Crippen molar-refractivity contribution in [2.75, 3.05) is 6.61 Å². The molecule has 21 heavy (non-hydrogen) atoms. The largest absolute Gasteiger partial charge is 0.367 e. The van der Waals surface area contributed by atoms with E-state index in [9.17, 15) is 0 Å². The molecule has 5 nitrogen and oxygen atoms in total. The van der Waals surface area contributed by atoms with Crippen LogP contribution in [0.1, 0.15) is 50.1 Å². The summed E-state index contributed by atoms with van der Waals surface area (Å²) in [5.41, 5.74) is 0.705. The molecule has 2 aromatic rings. The van der Waals surface area contributed by atoms with Gasteiger partial charge >= 0.3 is 0 Å². The van der Waals surface area contributed by atoms with Crippen molar-refractivity contribution in [3.05, 3.63) is 47.6 Å². The van der Waals surface area contributed by atoms with E-state index in [-0.39, 0.29) is 6.10 Å². The first-order valence-electron chi connectivity index (χ1n) is 7.31. The van der Waals surface area contributed by atoms with Crippen LogP contribution in [0, 0.1) is 0 Å². The van der Waals surface area contributed by atoms with Crippen LogP contribution >= 0.6 is 0 Å². The lowest BCUT2D eigenvalue weighted by atomic mass is 10.0. The van der Waals surface area contributed by atoms with Crippen LogP contribution in [0.5, 0.6) is 0 Å². The highest BCUT2D eigenvalue weighted by Crippen LogP contribution is 2.34. The second kappa shape index (κ2) is 5.95. The number of aromatic nitrogens is 2. The lowest BCUT2D eigenvalue weighted by molar-refractivity contribution is 0.00766. The minimum atomic E-state index is -0.416. The molecule has 0 saturated carbocycles. The van der Waals surface area contributed by atoms with Gasteiger partial charge in [-0.2, -0.15) is 4.98 Å². The number of hydrogen-bond donors (Lipinski definition) is 0. The third-order valence-corrected chi connectivity index (χ3v) is 3.82. The van der Waals surface area contributed by atoms with E-state index >= 15 is 0 Å². The molecule has 1 fully saturated rings. The molecule has 0 N–H and O–H groups in total. The first-order valence-corrected chi connectivity index (χ1v) is 7.31. The highest BCUT2D eigenvalue weighted by molar-refractivity contribution is 5.13. The normalized spacial score (nSPS) is 23.3. The van der Waals surface area contributed by atoms with Crippen molar-refractivity contribution >= 4 is 0 Å². The summed E-state index contributed by atoms with van der Waals surface area (Å²) in [7, 11) is 0. The molecule has 1 aromatic heterocycles. The average molecular weight is 288 g/mol. The summed E-state index contributed by atoms with van der Waals surface area (Å²) in [4.78, 5) is 4.45. The number of ether oxygens (including phenoxy) is 2. The van der Waals surface area contributed by atoms with Gasteiger partial charge < -0.3 is 14.0 Å². The third-order valence-electron chi connectivity index (χ3n) is 3.82. The molecular formula is C16H20N2O3. The molecule has 1 saturated heterocycles. The lowest BCUT2D eigenvalue weighted by Gasteiger charge is -2.17. The zero-order valence-electron chi connectivity index (χ0n) is 12.4. The SMILES string of the molecule is C[C@H](OCc1ccccc1)c1nc(C2(C)CCCO2)no1. The van der Waals surface area contributed by atoms with Crippen molar-refractivity contribution in [2.45, 2.75) is 45.0 Å². The van der Waals surface area contributed by atoms with Gasteiger partial charge in [0.1, 0.15) is 11.7 Å². The Kier molecular flexibility index (Phi) is 4.03. The summed E-state index contributed by atoms with van der Waals surface area (Å²) in [5.74, 6) is 1.11. The first kappa shape index (κ1) is 14.2. The fourth-order valence-electron chi connectivity index (χ4n) is 2.44. The number of benzene rings is 1. The van der Waals surface area contributed by atoms with E-state index in [4.69, 9.17) is 14.0 Å². The van der Waals surface area contributed by atoms with E-state index in [1.807, 2.05) is 44.2 Å². The van der Waals surface area contributed by atoms with E-state index < -0.39 is 5.60 Å². The minimum Gasteiger partial charge on any atom is -0.367 e. The Hall–Kier alpha value is -1.72. The van der Waals surface area contributed by atoms with E-state index in [0.717, 1.165) is 25.0 Å². The maximum absolute atomic E-state index is 5.79. The van der Waals surface area contributed by atoms with E-state index in [0.29, 0.717) is 18.3 Å². The Morgan fingerprint density at radius 1 is 1.33 bits per heavy atom. The molecule has 112 valence electrons. The van der Waals surface area contributed by atoms with Crippen LogP contribution in [-0.4, -0.2) is 16.7 Å². The Morgan fingerprint density at radius 2 is 2.14 bits per heavy atom. The molecule has 2 heterocycles. The first-order chi connectivity index (χ1) is 10.2. The molecular weight excluding hydrogens is 268 g/mol. The van der Waals surface area contributed by atoms with Crippen LogP contribution in [0.2, 0.25) is 0 Å². The Morgan fingerprint density at radius 3 is 2.86 bits per heavy atom. The molecule has 3 rings (SSSR count). The summed E-state index contributed by atoms with van der Waals surface area (Å²) in [5, 5.41) is 4.05. The maximum atomic E-state index is 5.79. The van der Waals surface area contributed by atoms with E-state index in [2.05, 4.69) is 10.1 Å². The minimum absolute atomic E-state index is 0.239. The number of rotatable bonds is 5. The van der Waals surface area contributed by atoms with Crippen molar-refractivity contribution in [1.29, 1.82) is 0 Å². The topological polar surface area (TPSA) is 57.4 Å².